The van der Waals surface area contributed by atoms with Crippen LogP contribution >= 0.6 is 11.8 Å². The van der Waals surface area contributed by atoms with Crippen LogP contribution in [0.15, 0.2) is 30.5 Å². The molecule has 4 amide bonds. The van der Waals surface area contributed by atoms with E-state index in [9.17, 15) is 29.1 Å². The summed E-state index contributed by atoms with van der Waals surface area (Å²) in [5.74, 6) is -3.45. The molecule has 36 heavy (non-hydrogen) atoms. The highest BCUT2D eigenvalue weighted by atomic mass is 32.2. The zero-order valence-corrected chi connectivity index (χ0v) is 20.7. The number of H-pyrrole nitrogens is 1. The Kier molecular flexibility index (Phi) is 11.2. The number of aliphatic carboxylic acids is 1. The molecule has 0 fully saturated rings. The standard InChI is InChI=1S/C23H32N6O6S/c1-36-9-8-17(23(34)35)29-21(32)16(6-7-19(25)30)28-22(33)18(27-20(31)11-24)10-13-12-26-15-5-3-2-4-14(13)15/h2-5,12,16-18,26H,6-11,24H2,1H3,(H2,25,30)(H,27,31)(H,28,33)(H,29,32)(H,34,35). The third-order valence-electron chi connectivity index (χ3n) is 5.47. The summed E-state index contributed by atoms with van der Waals surface area (Å²) in [5.41, 5.74) is 12.2. The van der Waals surface area contributed by atoms with Gasteiger partial charge in [-0.25, -0.2) is 4.79 Å². The quantitative estimate of drug-likeness (QED) is 0.158. The fourth-order valence-corrected chi connectivity index (χ4v) is 4.05. The molecule has 0 saturated carbocycles. The highest BCUT2D eigenvalue weighted by molar-refractivity contribution is 7.98. The lowest BCUT2D eigenvalue weighted by molar-refractivity contribution is -0.142. The van der Waals surface area contributed by atoms with E-state index >= 15 is 0 Å². The fraction of sp³-hybridized carbons (Fsp3) is 0.435. The lowest BCUT2D eigenvalue weighted by atomic mass is 10.0. The first-order valence-electron chi connectivity index (χ1n) is 11.3. The molecule has 3 unspecified atom stereocenters. The van der Waals surface area contributed by atoms with Gasteiger partial charge in [0.25, 0.3) is 0 Å². The summed E-state index contributed by atoms with van der Waals surface area (Å²) in [6.45, 7) is -0.348. The van der Waals surface area contributed by atoms with Gasteiger partial charge in [-0.2, -0.15) is 11.8 Å². The monoisotopic (exact) mass is 520 g/mol. The Balaban J connectivity index is 2.23. The van der Waals surface area contributed by atoms with Crippen molar-refractivity contribution in [3.05, 3.63) is 36.0 Å². The second-order valence-electron chi connectivity index (χ2n) is 8.13. The number of fused-ring (bicyclic) bond motifs is 1. The number of carbonyl (C=O) groups excluding carboxylic acids is 4. The number of thioether (sulfide) groups is 1. The molecule has 0 radical (unpaired) electrons. The number of aromatic amines is 1. The van der Waals surface area contributed by atoms with Crippen molar-refractivity contribution in [2.45, 2.75) is 43.8 Å². The Morgan fingerprint density at radius 3 is 2.31 bits per heavy atom. The molecule has 0 aliphatic heterocycles. The van der Waals surface area contributed by atoms with Crippen molar-refractivity contribution in [2.75, 3.05) is 18.6 Å². The van der Waals surface area contributed by atoms with Crippen molar-refractivity contribution in [1.29, 1.82) is 0 Å². The normalized spacial score (nSPS) is 13.4. The number of benzene rings is 1. The van der Waals surface area contributed by atoms with Crippen LogP contribution in [0.1, 0.15) is 24.8 Å². The highest BCUT2D eigenvalue weighted by Gasteiger charge is 2.30. The van der Waals surface area contributed by atoms with Crippen LogP contribution in [0.3, 0.4) is 0 Å². The van der Waals surface area contributed by atoms with Gasteiger partial charge in [-0.1, -0.05) is 18.2 Å². The Labute approximate surface area is 212 Å². The van der Waals surface area contributed by atoms with Crippen molar-refractivity contribution in [1.82, 2.24) is 20.9 Å². The van der Waals surface area contributed by atoms with E-state index in [0.29, 0.717) is 5.75 Å². The zero-order valence-electron chi connectivity index (χ0n) is 19.9. The molecule has 0 bridgehead atoms. The second kappa shape index (κ2) is 14.1. The largest absolute Gasteiger partial charge is 0.480 e. The van der Waals surface area contributed by atoms with Crippen LogP contribution in [-0.2, 0) is 30.4 Å². The number of carboxylic acids is 1. The molecule has 0 saturated heterocycles. The third kappa shape index (κ3) is 8.57. The average molecular weight is 521 g/mol. The number of nitrogens with two attached hydrogens (primary N) is 2. The Morgan fingerprint density at radius 1 is 1.00 bits per heavy atom. The van der Waals surface area contributed by atoms with Crippen molar-refractivity contribution in [3.63, 3.8) is 0 Å². The topological polar surface area (TPSA) is 209 Å². The van der Waals surface area contributed by atoms with Gasteiger partial charge in [0.05, 0.1) is 6.54 Å². The predicted molar refractivity (Wildman–Crippen MR) is 136 cm³/mol. The molecular weight excluding hydrogens is 488 g/mol. The number of primary amides is 1. The Hall–Kier alpha value is -3.58. The second-order valence-corrected chi connectivity index (χ2v) is 9.12. The van der Waals surface area contributed by atoms with Crippen molar-refractivity contribution >= 4 is 52.3 Å². The molecule has 1 heterocycles. The summed E-state index contributed by atoms with van der Waals surface area (Å²) in [5, 5.41) is 17.8. The number of carboxylic acid groups (broad SMARTS) is 1. The minimum Gasteiger partial charge on any atom is -0.480 e. The fourth-order valence-electron chi connectivity index (χ4n) is 3.58. The van der Waals surface area contributed by atoms with Gasteiger partial charge in [0.15, 0.2) is 0 Å². The number of hydrogen-bond acceptors (Lipinski definition) is 7. The van der Waals surface area contributed by atoms with E-state index in [1.54, 1.807) is 12.5 Å². The predicted octanol–water partition coefficient (Wildman–Crippen LogP) is -0.773. The molecule has 0 aliphatic carbocycles. The molecule has 13 heteroatoms. The van der Waals surface area contributed by atoms with E-state index in [1.807, 2.05) is 24.3 Å². The van der Waals surface area contributed by atoms with Crippen LogP contribution < -0.4 is 27.4 Å². The molecular formula is C23H32N6O6S. The van der Waals surface area contributed by atoms with Crippen LogP contribution in [0, 0.1) is 0 Å². The first-order chi connectivity index (χ1) is 17.2. The minimum absolute atomic E-state index is 0.0945. The smallest absolute Gasteiger partial charge is 0.326 e. The SMILES string of the molecule is CSCCC(NC(=O)C(CCC(N)=O)NC(=O)C(Cc1c[nH]c2ccccc12)NC(=O)CN)C(=O)O. The maximum Gasteiger partial charge on any atom is 0.326 e. The molecule has 12 nitrogen and oxygen atoms in total. The third-order valence-corrected chi connectivity index (χ3v) is 6.12. The van der Waals surface area contributed by atoms with Crippen LogP contribution in [0.5, 0.6) is 0 Å². The molecule has 9 N–H and O–H groups in total. The average Bonchev–Trinajstić information content (AvgIpc) is 3.25. The van der Waals surface area contributed by atoms with E-state index in [1.165, 1.54) is 11.8 Å². The summed E-state index contributed by atoms with van der Waals surface area (Å²) in [7, 11) is 0. The number of hydrogen-bond donors (Lipinski definition) is 7. The van der Waals surface area contributed by atoms with Gasteiger partial charge in [-0.15, -0.1) is 0 Å². The van der Waals surface area contributed by atoms with Crippen LogP contribution in [0.25, 0.3) is 10.9 Å². The first-order valence-corrected chi connectivity index (χ1v) is 12.7. The van der Waals surface area contributed by atoms with Crippen molar-refractivity contribution in [3.8, 4) is 0 Å². The lowest BCUT2D eigenvalue weighted by Gasteiger charge is -2.24. The summed E-state index contributed by atoms with van der Waals surface area (Å²) in [6, 6.07) is 3.92. The molecule has 3 atom stereocenters. The number of nitrogens with one attached hydrogen (secondary N) is 4. The summed E-state index contributed by atoms with van der Waals surface area (Å²) in [4.78, 5) is 64.2. The van der Waals surface area contributed by atoms with Gasteiger partial charge in [-0.3, -0.25) is 19.2 Å². The van der Waals surface area contributed by atoms with Gasteiger partial charge in [0.2, 0.25) is 23.6 Å². The van der Waals surface area contributed by atoms with Gasteiger partial charge < -0.3 is 37.5 Å². The molecule has 196 valence electrons. The van der Waals surface area contributed by atoms with Crippen LogP contribution in [-0.4, -0.2) is 76.4 Å². The van der Waals surface area contributed by atoms with Crippen LogP contribution in [0.4, 0.5) is 0 Å². The van der Waals surface area contributed by atoms with Gasteiger partial charge in [0.1, 0.15) is 18.1 Å². The highest BCUT2D eigenvalue weighted by Crippen LogP contribution is 2.19. The van der Waals surface area contributed by atoms with E-state index in [0.717, 1.165) is 16.5 Å². The van der Waals surface area contributed by atoms with Crippen molar-refractivity contribution in [2.24, 2.45) is 11.5 Å². The molecule has 0 spiro atoms. The summed E-state index contributed by atoms with van der Waals surface area (Å²) in [6.07, 6.45) is 3.43. The number of carbonyl (C=O) groups is 5. The maximum absolute atomic E-state index is 13.2. The lowest BCUT2D eigenvalue weighted by Crippen LogP contribution is -2.56. The Bertz CT molecular complexity index is 1090. The molecule has 2 rings (SSSR count). The van der Waals surface area contributed by atoms with Crippen molar-refractivity contribution < 1.29 is 29.1 Å². The number of aromatic nitrogens is 1. The van der Waals surface area contributed by atoms with E-state index in [4.69, 9.17) is 11.5 Å². The molecule has 0 aliphatic rings. The van der Waals surface area contributed by atoms with E-state index in [-0.39, 0.29) is 32.2 Å². The summed E-state index contributed by atoms with van der Waals surface area (Å²) >= 11 is 1.42. The zero-order chi connectivity index (χ0) is 26.7. The van der Waals surface area contributed by atoms with E-state index in [2.05, 4.69) is 20.9 Å². The van der Waals surface area contributed by atoms with Gasteiger partial charge in [0, 0.05) is 29.9 Å². The first kappa shape index (κ1) is 28.7. The maximum atomic E-state index is 13.2. The Morgan fingerprint density at radius 2 is 1.67 bits per heavy atom. The van der Waals surface area contributed by atoms with Gasteiger partial charge >= 0.3 is 5.97 Å². The molecule has 1 aromatic carbocycles. The number of amides is 4. The van der Waals surface area contributed by atoms with Gasteiger partial charge in [-0.05, 0) is 36.5 Å². The summed E-state index contributed by atoms with van der Waals surface area (Å²) < 4.78 is 0. The van der Waals surface area contributed by atoms with Crippen LogP contribution in [0.2, 0.25) is 0 Å². The number of rotatable bonds is 15. The molecule has 1 aromatic heterocycles. The van der Waals surface area contributed by atoms with E-state index < -0.39 is 47.7 Å². The molecule has 2 aromatic rings. The minimum atomic E-state index is -1.25. The number of para-hydroxylation sites is 1.